The molecule has 0 atom stereocenters. The highest BCUT2D eigenvalue weighted by Crippen LogP contribution is 2.11. The highest BCUT2D eigenvalue weighted by atomic mass is 32.1. The van der Waals surface area contributed by atoms with Crippen LogP contribution < -0.4 is 16.2 Å². The van der Waals surface area contributed by atoms with Crippen molar-refractivity contribution < 1.29 is 24.8 Å². The molecule has 124 valence electrons. The molecule has 0 saturated heterocycles. The lowest BCUT2D eigenvalue weighted by atomic mass is 10.3. The van der Waals surface area contributed by atoms with Crippen molar-refractivity contribution in [3.63, 3.8) is 0 Å². The summed E-state index contributed by atoms with van der Waals surface area (Å²) in [7, 11) is 0. The van der Waals surface area contributed by atoms with E-state index in [1.54, 1.807) is 0 Å². The number of anilines is 1. The third-order valence-corrected chi connectivity index (χ3v) is 2.67. The standard InChI is InChI=1S/C7H7N3O4S.C6H15N/c1-3(11)14-10-5(6(12)13)4-2-15-7(8)9-4;1-5(2)7-6(3)4/h2H,1H3,(H2,8,9)(H,12,13);5-7H,1-4H3/b10-5-;. The Morgan fingerprint density at radius 1 is 1.36 bits per heavy atom. The number of nitrogen functional groups attached to an aromatic ring is 1. The first kappa shape index (κ1) is 20.0. The molecular weight excluding hydrogens is 308 g/mol. The van der Waals surface area contributed by atoms with Gasteiger partial charge in [-0.1, -0.05) is 5.16 Å². The van der Waals surface area contributed by atoms with Crippen molar-refractivity contribution in [2.75, 3.05) is 5.73 Å². The molecule has 0 unspecified atom stereocenters. The molecule has 1 aromatic rings. The molecule has 0 aromatic carbocycles. The number of carbonyl (C=O) groups is 2. The Hall–Kier alpha value is -2.00. The Bertz CT molecular complexity index is 520. The monoisotopic (exact) mass is 330 g/mol. The van der Waals surface area contributed by atoms with Crippen LogP contribution in [0.1, 0.15) is 40.3 Å². The molecule has 9 heteroatoms. The van der Waals surface area contributed by atoms with Gasteiger partial charge in [-0.05, 0) is 27.7 Å². The molecule has 0 saturated carbocycles. The lowest BCUT2D eigenvalue weighted by molar-refractivity contribution is -0.709. The topological polar surface area (TPSA) is 134 Å². The molecule has 0 aliphatic heterocycles. The molecule has 1 aromatic heterocycles. The second-order valence-corrected chi connectivity index (χ2v) is 5.95. The number of carboxylic acid groups (broad SMARTS) is 1. The number of hydrogen-bond donors (Lipinski definition) is 2. The fourth-order valence-corrected chi connectivity index (χ4v) is 2.01. The minimum atomic E-state index is -1.60. The van der Waals surface area contributed by atoms with Crippen LogP contribution >= 0.6 is 11.3 Å². The number of nitrogens with zero attached hydrogens (tertiary/aromatic N) is 2. The zero-order chi connectivity index (χ0) is 17.3. The summed E-state index contributed by atoms with van der Waals surface area (Å²) < 4.78 is 0. The predicted molar refractivity (Wildman–Crippen MR) is 82.0 cm³/mol. The summed E-state index contributed by atoms with van der Waals surface area (Å²) in [5, 5.41) is 17.6. The highest BCUT2D eigenvalue weighted by Gasteiger charge is 2.10. The van der Waals surface area contributed by atoms with Crippen molar-refractivity contribution in [2.24, 2.45) is 5.16 Å². The van der Waals surface area contributed by atoms with Crippen LogP contribution in [0.15, 0.2) is 10.5 Å². The van der Waals surface area contributed by atoms with E-state index in [-0.39, 0.29) is 10.8 Å². The number of rotatable bonds is 5. The van der Waals surface area contributed by atoms with Crippen molar-refractivity contribution in [3.05, 3.63) is 11.1 Å². The Balaban J connectivity index is 0.000000534. The van der Waals surface area contributed by atoms with Crippen molar-refractivity contribution in [3.8, 4) is 0 Å². The number of carbonyl (C=O) groups excluding carboxylic acids is 2. The third kappa shape index (κ3) is 9.03. The maximum Gasteiger partial charge on any atom is 0.332 e. The van der Waals surface area contributed by atoms with E-state index in [9.17, 15) is 14.7 Å². The van der Waals surface area contributed by atoms with E-state index in [2.05, 4.69) is 48.0 Å². The molecule has 4 N–H and O–H groups in total. The van der Waals surface area contributed by atoms with Gasteiger partial charge in [0.1, 0.15) is 5.69 Å². The van der Waals surface area contributed by atoms with E-state index in [1.807, 2.05) is 0 Å². The number of hydrogen-bond acceptors (Lipinski definition) is 8. The van der Waals surface area contributed by atoms with Crippen LogP contribution in [0.25, 0.3) is 0 Å². The molecule has 0 fully saturated rings. The van der Waals surface area contributed by atoms with Gasteiger partial charge in [-0.25, -0.2) is 9.78 Å². The molecule has 1 heterocycles. The van der Waals surface area contributed by atoms with Crippen LogP contribution in [-0.2, 0) is 14.4 Å². The van der Waals surface area contributed by atoms with E-state index in [4.69, 9.17) is 5.73 Å². The quantitative estimate of drug-likeness (QED) is 0.408. The second kappa shape index (κ2) is 9.85. The SMILES string of the molecule is CC(=O)O/N=C(\C(=O)[O-])c1csc(N)n1.CC(C)[NH2+]C(C)C. The molecule has 0 aliphatic carbocycles. The zero-order valence-corrected chi connectivity index (χ0v) is 14.1. The first-order valence-electron chi connectivity index (χ1n) is 6.66. The Morgan fingerprint density at radius 2 is 1.91 bits per heavy atom. The van der Waals surface area contributed by atoms with E-state index < -0.39 is 17.7 Å². The number of nitrogens with two attached hydrogens (primary N) is 2. The van der Waals surface area contributed by atoms with Gasteiger partial charge in [0, 0.05) is 12.3 Å². The van der Waals surface area contributed by atoms with Gasteiger partial charge in [0.2, 0.25) is 0 Å². The number of thiazole rings is 1. The minimum absolute atomic E-state index is 0.00116. The highest BCUT2D eigenvalue weighted by molar-refractivity contribution is 7.13. The van der Waals surface area contributed by atoms with E-state index >= 15 is 0 Å². The first-order chi connectivity index (χ1) is 10.1. The van der Waals surface area contributed by atoms with Gasteiger partial charge in [0.15, 0.2) is 10.8 Å². The van der Waals surface area contributed by atoms with Crippen molar-refractivity contribution in [1.82, 2.24) is 4.98 Å². The summed E-state index contributed by atoms with van der Waals surface area (Å²) in [5.41, 5.74) is 4.73. The number of quaternary nitrogens is 1. The van der Waals surface area contributed by atoms with Gasteiger partial charge >= 0.3 is 5.97 Å². The molecule has 1 rings (SSSR count). The number of aromatic nitrogens is 1. The molecule has 0 spiro atoms. The maximum atomic E-state index is 10.6. The van der Waals surface area contributed by atoms with Crippen LogP contribution in [0.5, 0.6) is 0 Å². The van der Waals surface area contributed by atoms with Crippen LogP contribution in [0, 0.1) is 0 Å². The predicted octanol–water partition coefficient (Wildman–Crippen LogP) is -0.891. The normalized spacial score (nSPS) is 11.1. The lowest BCUT2D eigenvalue weighted by Gasteiger charge is -2.06. The molecule has 0 bridgehead atoms. The summed E-state index contributed by atoms with van der Waals surface area (Å²) in [6.07, 6.45) is 0. The Kier molecular flexibility index (Phi) is 8.95. The minimum Gasteiger partial charge on any atom is -0.543 e. The second-order valence-electron chi connectivity index (χ2n) is 5.06. The average molecular weight is 330 g/mol. The fourth-order valence-electron chi connectivity index (χ4n) is 1.46. The first-order valence-corrected chi connectivity index (χ1v) is 7.54. The van der Waals surface area contributed by atoms with Crippen LogP contribution in [0.2, 0.25) is 0 Å². The number of aliphatic carboxylic acids is 1. The molecule has 0 aliphatic rings. The molecule has 22 heavy (non-hydrogen) atoms. The Morgan fingerprint density at radius 3 is 2.18 bits per heavy atom. The van der Waals surface area contributed by atoms with Crippen LogP contribution in [-0.4, -0.2) is 34.7 Å². The summed E-state index contributed by atoms with van der Waals surface area (Å²) in [6.45, 7) is 9.92. The maximum absolute atomic E-state index is 10.6. The van der Waals surface area contributed by atoms with Gasteiger partial charge in [0.05, 0.1) is 18.1 Å². The van der Waals surface area contributed by atoms with E-state index in [1.165, 1.54) is 5.38 Å². The smallest absolute Gasteiger partial charge is 0.332 e. The number of carboxylic acids is 1. The zero-order valence-electron chi connectivity index (χ0n) is 13.3. The van der Waals surface area contributed by atoms with Crippen LogP contribution in [0.4, 0.5) is 5.13 Å². The van der Waals surface area contributed by atoms with Gasteiger partial charge in [-0.15, -0.1) is 11.3 Å². The van der Waals surface area contributed by atoms with Gasteiger partial charge in [-0.3, -0.25) is 0 Å². The van der Waals surface area contributed by atoms with Gasteiger partial charge in [-0.2, -0.15) is 0 Å². The van der Waals surface area contributed by atoms with Gasteiger partial charge < -0.3 is 25.8 Å². The number of oxime groups is 1. The molecular formula is C13H22N4O4S. The molecule has 0 radical (unpaired) electrons. The average Bonchev–Trinajstić information content (AvgIpc) is 2.74. The molecule has 0 amide bonds. The summed E-state index contributed by atoms with van der Waals surface area (Å²) in [4.78, 5) is 28.9. The van der Waals surface area contributed by atoms with Crippen molar-refractivity contribution in [2.45, 2.75) is 46.7 Å². The lowest BCUT2D eigenvalue weighted by Crippen LogP contribution is -2.92. The summed E-state index contributed by atoms with van der Waals surface area (Å²) in [6, 6.07) is 1.50. The van der Waals surface area contributed by atoms with Gasteiger partial charge in [0.25, 0.3) is 0 Å². The fraction of sp³-hybridized carbons (Fsp3) is 0.538. The van der Waals surface area contributed by atoms with E-state index in [0.717, 1.165) is 30.3 Å². The summed E-state index contributed by atoms with van der Waals surface area (Å²) >= 11 is 1.04. The molecule has 8 nitrogen and oxygen atoms in total. The van der Waals surface area contributed by atoms with E-state index in [0.29, 0.717) is 0 Å². The third-order valence-electron chi connectivity index (χ3n) is 1.99. The largest absolute Gasteiger partial charge is 0.543 e. The van der Waals surface area contributed by atoms with Crippen LogP contribution in [0.3, 0.4) is 0 Å². The van der Waals surface area contributed by atoms with Crippen molar-refractivity contribution in [1.29, 1.82) is 0 Å². The summed E-state index contributed by atoms with van der Waals surface area (Å²) in [5.74, 6) is -2.33. The van der Waals surface area contributed by atoms with Crippen molar-refractivity contribution >= 4 is 34.1 Å². The Labute approximate surface area is 133 Å².